The number of hydrogen-bond acceptors (Lipinski definition) is 2. The van der Waals surface area contributed by atoms with Crippen molar-refractivity contribution in [1.82, 2.24) is 0 Å². The van der Waals surface area contributed by atoms with E-state index >= 15 is 0 Å². The van der Waals surface area contributed by atoms with Gasteiger partial charge >= 0.3 is 0 Å². The molecular formula is C17H24O2. The number of benzene rings is 1. The minimum atomic E-state index is -0.133. The topological polar surface area (TPSA) is 26.3 Å². The third-order valence-electron chi connectivity index (χ3n) is 4.31. The molecule has 0 heterocycles. The van der Waals surface area contributed by atoms with Gasteiger partial charge in [0.05, 0.1) is 12.2 Å². The molecule has 104 valence electrons. The van der Waals surface area contributed by atoms with E-state index in [9.17, 15) is 4.79 Å². The van der Waals surface area contributed by atoms with Crippen molar-refractivity contribution < 1.29 is 9.53 Å². The van der Waals surface area contributed by atoms with E-state index in [0.717, 1.165) is 37.0 Å². The molecule has 0 amide bonds. The van der Waals surface area contributed by atoms with Crippen LogP contribution in [0.4, 0.5) is 0 Å². The zero-order valence-corrected chi connectivity index (χ0v) is 12.1. The van der Waals surface area contributed by atoms with Crippen LogP contribution in [0.2, 0.25) is 0 Å². The van der Waals surface area contributed by atoms with Crippen LogP contribution in [0.3, 0.4) is 0 Å². The van der Waals surface area contributed by atoms with Crippen molar-refractivity contribution in [3.05, 3.63) is 29.8 Å². The summed E-state index contributed by atoms with van der Waals surface area (Å²) in [6.07, 6.45) is 6.32. The fraction of sp³-hybridized carbons (Fsp3) is 0.588. The van der Waals surface area contributed by atoms with Crippen molar-refractivity contribution in [3.8, 4) is 5.75 Å². The first-order chi connectivity index (χ1) is 9.23. The first-order valence-corrected chi connectivity index (χ1v) is 7.50. The molecule has 0 saturated heterocycles. The smallest absolute Gasteiger partial charge is 0.172 e. The standard InChI is InChI=1S/C17H24O2/c1-3-13-19-15-10-6-5-9-14(15)16(18)17(4-2)11-7-8-12-17/h5-6,9-10H,3-4,7-8,11-13H2,1-2H3. The van der Waals surface area contributed by atoms with Gasteiger partial charge in [-0.1, -0.05) is 38.8 Å². The van der Waals surface area contributed by atoms with Gasteiger partial charge in [-0.3, -0.25) is 4.79 Å². The van der Waals surface area contributed by atoms with E-state index < -0.39 is 0 Å². The molecule has 0 radical (unpaired) electrons. The Morgan fingerprint density at radius 1 is 1.21 bits per heavy atom. The van der Waals surface area contributed by atoms with Gasteiger partial charge in [0.25, 0.3) is 0 Å². The third-order valence-corrected chi connectivity index (χ3v) is 4.31. The highest BCUT2D eigenvalue weighted by Crippen LogP contribution is 2.44. The highest BCUT2D eigenvalue weighted by molar-refractivity contribution is 6.02. The van der Waals surface area contributed by atoms with Crippen LogP contribution in [0.15, 0.2) is 24.3 Å². The molecule has 1 aliphatic carbocycles. The molecule has 1 aliphatic rings. The van der Waals surface area contributed by atoms with Gasteiger partial charge in [0, 0.05) is 5.41 Å². The second kappa shape index (κ2) is 6.23. The predicted molar refractivity (Wildman–Crippen MR) is 77.8 cm³/mol. The van der Waals surface area contributed by atoms with Gasteiger partial charge in [0.15, 0.2) is 5.78 Å². The summed E-state index contributed by atoms with van der Waals surface area (Å²) in [4.78, 5) is 12.9. The zero-order chi connectivity index (χ0) is 13.7. The van der Waals surface area contributed by atoms with Crippen LogP contribution in [-0.2, 0) is 0 Å². The molecule has 2 rings (SSSR count). The van der Waals surface area contributed by atoms with E-state index in [1.807, 2.05) is 24.3 Å². The Hall–Kier alpha value is -1.31. The number of carbonyl (C=O) groups is 1. The largest absolute Gasteiger partial charge is 0.493 e. The molecule has 0 unspecified atom stereocenters. The molecule has 0 bridgehead atoms. The summed E-state index contributed by atoms with van der Waals surface area (Å²) in [7, 11) is 0. The van der Waals surface area contributed by atoms with Crippen LogP contribution in [0.25, 0.3) is 0 Å². The van der Waals surface area contributed by atoms with E-state index in [-0.39, 0.29) is 5.41 Å². The first kappa shape index (κ1) is 14.1. The Labute approximate surface area is 116 Å². The first-order valence-electron chi connectivity index (χ1n) is 7.50. The van der Waals surface area contributed by atoms with E-state index in [0.29, 0.717) is 12.4 Å². The lowest BCUT2D eigenvalue weighted by molar-refractivity contribution is 0.0787. The summed E-state index contributed by atoms with van der Waals surface area (Å²) >= 11 is 0. The highest BCUT2D eigenvalue weighted by atomic mass is 16.5. The summed E-state index contributed by atoms with van der Waals surface area (Å²) in [6, 6.07) is 7.71. The Kier molecular flexibility index (Phi) is 4.62. The molecule has 0 atom stereocenters. The molecule has 1 saturated carbocycles. The molecule has 1 fully saturated rings. The van der Waals surface area contributed by atoms with Gasteiger partial charge in [-0.15, -0.1) is 0 Å². The molecule has 19 heavy (non-hydrogen) atoms. The lowest BCUT2D eigenvalue weighted by Crippen LogP contribution is -2.27. The Bertz CT molecular complexity index is 431. The normalized spacial score (nSPS) is 17.4. The van der Waals surface area contributed by atoms with Gasteiger partial charge in [0.2, 0.25) is 0 Å². The van der Waals surface area contributed by atoms with E-state index in [1.54, 1.807) is 0 Å². The van der Waals surface area contributed by atoms with Crippen molar-refractivity contribution in [2.45, 2.75) is 52.4 Å². The Morgan fingerprint density at radius 3 is 2.53 bits per heavy atom. The Morgan fingerprint density at radius 2 is 1.89 bits per heavy atom. The number of Topliss-reactive ketones (excluding diaryl/α,β-unsaturated/α-hetero) is 1. The van der Waals surface area contributed by atoms with Crippen LogP contribution < -0.4 is 4.74 Å². The average molecular weight is 260 g/mol. The fourth-order valence-corrected chi connectivity index (χ4v) is 3.07. The predicted octanol–water partition coefficient (Wildman–Crippen LogP) is 4.63. The average Bonchev–Trinajstić information content (AvgIpc) is 2.95. The number of ketones is 1. The monoisotopic (exact) mass is 260 g/mol. The SMILES string of the molecule is CCCOc1ccccc1C(=O)C1(CC)CCCC1. The summed E-state index contributed by atoms with van der Waals surface area (Å²) < 4.78 is 5.74. The van der Waals surface area contributed by atoms with Gasteiger partial charge < -0.3 is 4.74 Å². The van der Waals surface area contributed by atoms with Crippen LogP contribution in [0, 0.1) is 5.41 Å². The van der Waals surface area contributed by atoms with E-state index in [4.69, 9.17) is 4.74 Å². The summed E-state index contributed by atoms with van der Waals surface area (Å²) in [5.41, 5.74) is 0.644. The molecule has 0 aliphatic heterocycles. The molecular weight excluding hydrogens is 236 g/mol. The van der Waals surface area contributed by atoms with Crippen LogP contribution >= 0.6 is 0 Å². The molecule has 0 N–H and O–H groups in total. The molecule has 1 aromatic rings. The number of para-hydroxylation sites is 1. The van der Waals surface area contributed by atoms with E-state index in [2.05, 4.69) is 13.8 Å². The summed E-state index contributed by atoms with van der Waals surface area (Å²) in [5, 5.41) is 0. The summed E-state index contributed by atoms with van der Waals surface area (Å²) in [5.74, 6) is 1.05. The minimum Gasteiger partial charge on any atom is -0.493 e. The third kappa shape index (κ3) is 2.83. The number of ether oxygens (including phenoxy) is 1. The van der Waals surface area contributed by atoms with Crippen molar-refractivity contribution in [1.29, 1.82) is 0 Å². The molecule has 2 heteroatoms. The maximum atomic E-state index is 12.9. The fourth-order valence-electron chi connectivity index (χ4n) is 3.07. The molecule has 2 nitrogen and oxygen atoms in total. The van der Waals surface area contributed by atoms with Crippen molar-refractivity contribution in [3.63, 3.8) is 0 Å². The molecule has 0 spiro atoms. The number of rotatable bonds is 6. The highest BCUT2D eigenvalue weighted by Gasteiger charge is 2.40. The lowest BCUT2D eigenvalue weighted by atomic mass is 9.76. The van der Waals surface area contributed by atoms with Crippen molar-refractivity contribution >= 4 is 5.78 Å². The van der Waals surface area contributed by atoms with Gasteiger partial charge in [-0.2, -0.15) is 0 Å². The summed E-state index contributed by atoms with van der Waals surface area (Å²) in [6.45, 7) is 4.89. The Balaban J connectivity index is 2.27. The van der Waals surface area contributed by atoms with Gasteiger partial charge in [-0.25, -0.2) is 0 Å². The maximum absolute atomic E-state index is 12.9. The molecule has 1 aromatic carbocycles. The molecule has 0 aromatic heterocycles. The van der Waals surface area contributed by atoms with Crippen LogP contribution in [0.1, 0.15) is 62.7 Å². The zero-order valence-electron chi connectivity index (χ0n) is 12.1. The van der Waals surface area contributed by atoms with Crippen molar-refractivity contribution in [2.24, 2.45) is 5.41 Å². The second-order valence-corrected chi connectivity index (χ2v) is 5.51. The van der Waals surface area contributed by atoms with Crippen LogP contribution in [-0.4, -0.2) is 12.4 Å². The lowest BCUT2D eigenvalue weighted by Gasteiger charge is -2.26. The second-order valence-electron chi connectivity index (χ2n) is 5.51. The maximum Gasteiger partial charge on any atom is 0.172 e. The number of hydrogen-bond donors (Lipinski definition) is 0. The van der Waals surface area contributed by atoms with Crippen LogP contribution in [0.5, 0.6) is 5.75 Å². The van der Waals surface area contributed by atoms with E-state index in [1.165, 1.54) is 12.8 Å². The minimum absolute atomic E-state index is 0.133. The van der Waals surface area contributed by atoms with Gasteiger partial charge in [0.1, 0.15) is 5.75 Å². The van der Waals surface area contributed by atoms with Crippen molar-refractivity contribution in [2.75, 3.05) is 6.61 Å². The quantitative estimate of drug-likeness (QED) is 0.697. The number of carbonyl (C=O) groups excluding carboxylic acids is 1. The van der Waals surface area contributed by atoms with Gasteiger partial charge in [-0.05, 0) is 37.8 Å².